The van der Waals surface area contributed by atoms with Gasteiger partial charge in [-0.3, -0.25) is 19.8 Å². The molecule has 4 amide bonds. The minimum Gasteiger partial charge on any atom is -0.490 e. The van der Waals surface area contributed by atoms with Crippen LogP contribution in [0.5, 0.6) is 17.2 Å². The lowest BCUT2D eigenvalue weighted by Gasteiger charge is -2.26. The summed E-state index contributed by atoms with van der Waals surface area (Å²) in [7, 11) is 0. The van der Waals surface area contributed by atoms with Crippen LogP contribution in [0.15, 0.2) is 90.5 Å². The van der Waals surface area contributed by atoms with Gasteiger partial charge in [-0.2, -0.15) is 0 Å². The number of carbonyl (C=O) groups is 3. The molecular weight excluding hydrogens is 532 g/mol. The van der Waals surface area contributed by atoms with E-state index in [1.165, 1.54) is 6.08 Å². The van der Waals surface area contributed by atoms with E-state index in [2.05, 4.69) is 23.5 Å². The molecule has 4 aromatic rings. The first-order chi connectivity index (χ1) is 20.5. The number of benzene rings is 4. The number of fused-ring (bicyclic) bond motifs is 1. The van der Waals surface area contributed by atoms with Crippen LogP contribution in [-0.4, -0.2) is 36.0 Å². The molecular formula is C34H32N2O6. The molecule has 0 saturated carbocycles. The first kappa shape index (κ1) is 28.4. The summed E-state index contributed by atoms with van der Waals surface area (Å²) in [4.78, 5) is 39.6. The largest absolute Gasteiger partial charge is 0.490 e. The van der Waals surface area contributed by atoms with Gasteiger partial charge in [-0.15, -0.1) is 0 Å². The fourth-order valence-electron chi connectivity index (χ4n) is 4.68. The average Bonchev–Trinajstić information content (AvgIpc) is 3.00. The number of hydrogen-bond acceptors (Lipinski definition) is 6. The zero-order valence-corrected chi connectivity index (χ0v) is 23.6. The van der Waals surface area contributed by atoms with E-state index in [1.807, 2.05) is 38.1 Å². The Balaban J connectivity index is 1.29. The normalized spacial score (nSPS) is 14.3. The maximum Gasteiger partial charge on any atom is 0.331 e. The van der Waals surface area contributed by atoms with Crippen molar-refractivity contribution < 1.29 is 28.6 Å². The number of amides is 4. The number of carbonyl (C=O) groups excluding carboxylic acids is 3. The van der Waals surface area contributed by atoms with Crippen LogP contribution in [0.3, 0.4) is 0 Å². The third-order valence-electron chi connectivity index (χ3n) is 6.76. The second kappa shape index (κ2) is 13.0. The van der Waals surface area contributed by atoms with Crippen molar-refractivity contribution in [1.82, 2.24) is 10.2 Å². The number of hydrogen-bond donors (Lipinski definition) is 1. The average molecular weight is 565 g/mol. The van der Waals surface area contributed by atoms with E-state index in [0.717, 1.165) is 27.7 Å². The van der Waals surface area contributed by atoms with Gasteiger partial charge < -0.3 is 14.2 Å². The molecule has 5 rings (SSSR count). The summed E-state index contributed by atoms with van der Waals surface area (Å²) < 4.78 is 17.4. The molecule has 42 heavy (non-hydrogen) atoms. The monoisotopic (exact) mass is 564 g/mol. The van der Waals surface area contributed by atoms with Crippen molar-refractivity contribution >= 4 is 34.7 Å². The molecule has 1 aliphatic rings. The molecule has 1 fully saturated rings. The SMILES string of the molecule is CCCOc1ccc(CN2C(=O)NC(=O)/C(=C\c3ccc(OCc4cccc5ccccc45)cc3)C2=O)cc1OCC. The highest BCUT2D eigenvalue weighted by molar-refractivity contribution is 6.30. The van der Waals surface area contributed by atoms with Crippen LogP contribution in [0.4, 0.5) is 4.79 Å². The van der Waals surface area contributed by atoms with E-state index in [9.17, 15) is 14.4 Å². The molecule has 0 bridgehead atoms. The highest BCUT2D eigenvalue weighted by Gasteiger charge is 2.35. The second-order valence-corrected chi connectivity index (χ2v) is 9.77. The second-order valence-electron chi connectivity index (χ2n) is 9.77. The van der Waals surface area contributed by atoms with Crippen LogP contribution in [0, 0.1) is 0 Å². The lowest BCUT2D eigenvalue weighted by atomic mass is 10.1. The minimum atomic E-state index is -0.774. The van der Waals surface area contributed by atoms with Gasteiger partial charge >= 0.3 is 6.03 Å². The molecule has 0 aromatic heterocycles. The number of rotatable bonds is 11. The number of nitrogens with zero attached hydrogens (tertiary/aromatic N) is 1. The van der Waals surface area contributed by atoms with E-state index in [0.29, 0.717) is 48.2 Å². The van der Waals surface area contributed by atoms with Gasteiger partial charge in [-0.1, -0.05) is 67.6 Å². The Morgan fingerprint density at radius 1 is 0.810 bits per heavy atom. The van der Waals surface area contributed by atoms with E-state index in [4.69, 9.17) is 14.2 Å². The zero-order valence-electron chi connectivity index (χ0n) is 23.6. The van der Waals surface area contributed by atoms with Gasteiger partial charge in [-0.25, -0.2) is 4.79 Å². The van der Waals surface area contributed by atoms with E-state index in [1.54, 1.807) is 42.5 Å². The third-order valence-corrected chi connectivity index (χ3v) is 6.76. The molecule has 8 heteroatoms. The molecule has 0 atom stereocenters. The maximum atomic E-state index is 13.3. The molecule has 8 nitrogen and oxygen atoms in total. The molecule has 0 aliphatic carbocycles. The first-order valence-electron chi connectivity index (χ1n) is 13.9. The van der Waals surface area contributed by atoms with Crippen molar-refractivity contribution in [1.29, 1.82) is 0 Å². The molecule has 0 spiro atoms. The van der Waals surface area contributed by atoms with Crippen LogP contribution < -0.4 is 19.5 Å². The molecule has 0 unspecified atom stereocenters. The third kappa shape index (κ3) is 6.44. The first-order valence-corrected chi connectivity index (χ1v) is 13.9. The number of urea groups is 1. The van der Waals surface area contributed by atoms with Crippen molar-refractivity contribution in [2.75, 3.05) is 13.2 Å². The van der Waals surface area contributed by atoms with Crippen LogP contribution in [0.25, 0.3) is 16.8 Å². The molecule has 1 saturated heterocycles. The van der Waals surface area contributed by atoms with Crippen LogP contribution in [0.2, 0.25) is 0 Å². The fraction of sp³-hybridized carbons (Fsp3) is 0.206. The number of ether oxygens (including phenoxy) is 3. The van der Waals surface area contributed by atoms with Crippen LogP contribution in [0.1, 0.15) is 37.0 Å². The van der Waals surface area contributed by atoms with Crippen molar-refractivity contribution in [3.8, 4) is 17.2 Å². The van der Waals surface area contributed by atoms with Crippen molar-refractivity contribution in [2.45, 2.75) is 33.4 Å². The molecule has 4 aromatic carbocycles. The molecule has 1 heterocycles. The van der Waals surface area contributed by atoms with Gasteiger partial charge in [0.2, 0.25) is 0 Å². The summed E-state index contributed by atoms with van der Waals surface area (Å²) >= 11 is 0. The quantitative estimate of drug-likeness (QED) is 0.171. The van der Waals surface area contributed by atoms with Crippen molar-refractivity contribution in [2.24, 2.45) is 0 Å². The summed E-state index contributed by atoms with van der Waals surface area (Å²) in [6, 6.07) is 25.8. The lowest BCUT2D eigenvalue weighted by Crippen LogP contribution is -2.53. The van der Waals surface area contributed by atoms with Crippen LogP contribution in [-0.2, 0) is 22.7 Å². The zero-order chi connectivity index (χ0) is 29.5. The molecule has 0 radical (unpaired) electrons. The minimum absolute atomic E-state index is 0.0373. The van der Waals surface area contributed by atoms with E-state index in [-0.39, 0.29) is 12.1 Å². The number of barbiturate groups is 1. The number of nitrogens with one attached hydrogen (secondary N) is 1. The van der Waals surface area contributed by atoms with Gasteiger partial charge in [0.15, 0.2) is 11.5 Å². The Morgan fingerprint density at radius 3 is 2.38 bits per heavy atom. The Morgan fingerprint density at radius 2 is 1.60 bits per heavy atom. The predicted molar refractivity (Wildman–Crippen MR) is 160 cm³/mol. The van der Waals surface area contributed by atoms with Gasteiger partial charge in [0.1, 0.15) is 17.9 Å². The molecule has 1 aliphatic heterocycles. The highest BCUT2D eigenvalue weighted by Crippen LogP contribution is 2.30. The maximum absolute atomic E-state index is 13.3. The molecule has 1 N–H and O–H groups in total. The Kier molecular flexibility index (Phi) is 8.82. The summed E-state index contributed by atoms with van der Waals surface area (Å²) in [5, 5.41) is 4.56. The Hall–Kier alpha value is -5.11. The van der Waals surface area contributed by atoms with Crippen molar-refractivity contribution in [3.63, 3.8) is 0 Å². The fourth-order valence-corrected chi connectivity index (χ4v) is 4.68. The van der Waals surface area contributed by atoms with Crippen molar-refractivity contribution in [3.05, 3.63) is 107 Å². The summed E-state index contributed by atoms with van der Waals surface area (Å²) in [6.45, 7) is 5.21. The van der Waals surface area contributed by atoms with E-state index < -0.39 is 17.8 Å². The van der Waals surface area contributed by atoms with Gasteiger partial charge in [0.05, 0.1) is 19.8 Å². The summed E-state index contributed by atoms with van der Waals surface area (Å²) in [5.74, 6) is 0.359. The summed E-state index contributed by atoms with van der Waals surface area (Å²) in [5.41, 5.74) is 2.22. The van der Waals surface area contributed by atoms with Gasteiger partial charge in [-0.05, 0) is 71.1 Å². The number of imide groups is 2. The standard InChI is InChI=1S/C34H32N2O6/c1-3-18-41-30-17-14-24(20-31(30)40-4-2)21-36-33(38)29(32(37)35-34(36)39)19-23-12-15-27(16-13-23)42-22-26-10-7-9-25-8-5-6-11-28(25)26/h5-17,19-20H,3-4,18,21-22H2,1-2H3,(H,35,37,39)/b29-19+. The van der Waals surface area contributed by atoms with Gasteiger partial charge in [0, 0.05) is 0 Å². The van der Waals surface area contributed by atoms with E-state index >= 15 is 0 Å². The topological polar surface area (TPSA) is 94.2 Å². The molecule has 214 valence electrons. The highest BCUT2D eigenvalue weighted by atomic mass is 16.5. The Labute approximate surface area is 244 Å². The Bertz CT molecular complexity index is 1640. The van der Waals surface area contributed by atoms with Gasteiger partial charge in [0.25, 0.3) is 11.8 Å². The lowest BCUT2D eigenvalue weighted by molar-refractivity contribution is -0.130. The smallest absolute Gasteiger partial charge is 0.331 e. The summed E-state index contributed by atoms with van der Waals surface area (Å²) in [6.07, 6.45) is 2.32. The predicted octanol–water partition coefficient (Wildman–Crippen LogP) is 6.27. The van der Waals surface area contributed by atoms with Crippen LogP contribution >= 0.6 is 0 Å².